The molecule has 1 saturated heterocycles. The Bertz CT molecular complexity index is 838. The molecule has 0 unspecified atom stereocenters. The first-order valence-corrected chi connectivity index (χ1v) is 11.7. The minimum atomic E-state index is -2.94. The minimum Gasteiger partial charge on any atom is -0.330 e. The molecule has 2 aromatic heterocycles. The quantitative estimate of drug-likeness (QED) is 0.821. The molecule has 7 heteroatoms. The summed E-state index contributed by atoms with van der Waals surface area (Å²) in [6, 6.07) is 6.23. The Kier molecular flexibility index (Phi) is 4.26. The maximum atomic E-state index is 12.9. The number of hydrogen-bond acceptors (Lipinski definition) is 5. The van der Waals surface area contributed by atoms with Crippen LogP contribution in [0, 0.1) is 5.92 Å². The number of rotatable bonds is 3. The highest BCUT2D eigenvalue weighted by molar-refractivity contribution is 7.91. The average molecular weight is 382 g/mol. The van der Waals surface area contributed by atoms with Crippen molar-refractivity contribution in [2.75, 3.05) is 18.1 Å². The van der Waals surface area contributed by atoms with E-state index in [0.29, 0.717) is 19.4 Å². The van der Waals surface area contributed by atoms with E-state index in [9.17, 15) is 13.2 Å². The lowest BCUT2D eigenvalue weighted by Gasteiger charge is -2.36. The fourth-order valence-electron chi connectivity index (χ4n) is 3.74. The fourth-order valence-corrected chi connectivity index (χ4v) is 7.36. The van der Waals surface area contributed by atoms with Crippen molar-refractivity contribution < 1.29 is 13.2 Å². The van der Waals surface area contributed by atoms with Gasteiger partial charge in [0, 0.05) is 22.7 Å². The molecule has 4 nitrogen and oxygen atoms in total. The topological polar surface area (TPSA) is 54.5 Å². The largest absolute Gasteiger partial charge is 0.330 e. The molecule has 2 aliphatic rings. The summed E-state index contributed by atoms with van der Waals surface area (Å²) >= 11 is 3.44. The van der Waals surface area contributed by atoms with E-state index in [4.69, 9.17) is 0 Å². The summed E-state index contributed by atoms with van der Waals surface area (Å²) in [6.45, 7) is 0.717. The van der Waals surface area contributed by atoms with Gasteiger partial charge in [-0.2, -0.15) is 0 Å². The Morgan fingerprint density at radius 3 is 2.83 bits per heavy atom. The Morgan fingerprint density at radius 1 is 1.25 bits per heavy atom. The standard InChI is InChI=1S/C17H19NO3S3/c19-16(10-12-5-9-24(20,21)11-12)18-6-3-14-13(4-8-23-14)17(18)15-2-1-7-22-15/h1-2,4,7-8,12,17H,3,5-6,9-11H2/t12-,17-/m1/s1. The smallest absolute Gasteiger partial charge is 0.223 e. The predicted molar refractivity (Wildman–Crippen MR) is 97.3 cm³/mol. The van der Waals surface area contributed by atoms with E-state index in [-0.39, 0.29) is 29.4 Å². The maximum Gasteiger partial charge on any atom is 0.223 e. The first-order chi connectivity index (χ1) is 11.5. The average Bonchev–Trinajstić information content (AvgIpc) is 3.26. The van der Waals surface area contributed by atoms with Crippen molar-refractivity contribution in [2.45, 2.75) is 25.3 Å². The van der Waals surface area contributed by atoms with Crippen molar-refractivity contribution in [1.29, 1.82) is 0 Å². The van der Waals surface area contributed by atoms with Crippen LogP contribution in [-0.2, 0) is 21.1 Å². The van der Waals surface area contributed by atoms with Gasteiger partial charge in [-0.25, -0.2) is 8.42 Å². The second-order valence-corrected chi connectivity index (χ2v) is 10.7. The number of nitrogens with zero attached hydrogens (tertiary/aromatic N) is 1. The third-order valence-corrected chi connectivity index (χ3v) is 8.65. The molecule has 0 spiro atoms. The minimum absolute atomic E-state index is 0.00879. The van der Waals surface area contributed by atoms with Gasteiger partial charge >= 0.3 is 0 Å². The fraction of sp³-hybridized carbons (Fsp3) is 0.471. The summed E-state index contributed by atoms with van der Waals surface area (Å²) in [4.78, 5) is 17.4. The van der Waals surface area contributed by atoms with Gasteiger partial charge in [-0.1, -0.05) is 6.07 Å². The van der Waals surface area contributed by atoms with Crippen molar-refractivity contribution in [1.82, 2.24) is 4.90 Å². The van der Waals surface area contributed by atoms with Crippen molar-refractivity contribution in [3.63, 3.8) is 0 Å². The summed E-state index contributed by atoms with van der Waals surface area (Å²) < 4.78 is 23.3. The predicted octanol–water partition coefficient (Wildman–Crippen LogP) is 3.11. The lowest BCUT2D eigenvalue weighted by atomic mass is 9.96. The summed E-state index contributed by atoms with van der Waals surface area (Å²) in [7, 11) is -2.94. The van der Waals surface area contributed by atoms with Gasteiger partial charge in [0.1, 0.15) is 0 Å². The summed E-state index contributed by atoms with van der Waals surface area (Å²) in [6.07, 6.45) is 1.86. The van der Waals surface area contributed by atoms with Crippen LogP contribution in [0.15, 0.2) is 29.0 Å². The highest BCUT2D eigenvalue weighted by atomic mass is 32.2. The van der Waals surface area contributed by atoms with Gasteiger partial charge in [-0.3, -0.25) is 4.79 Å². The Morgan fingerprint density at radius 2 is 2.12 bits per heavy atom. The van der Waals surface area contributed by atoms with Crippen LogP contribution in [0.3, 0.4) is 0 Å². The summed E-state index contributed by atoms with van der Waals surface area (Å²) in [5.74, 6) is 0.469. The number of hydrogen-bond donors (Lipinski definition) is 0. The van der Waals surface area contributed by atoms with E-state index in [1.54, 1.807) is 22.7 Å². The van der Waals surface area contributed by atoms with Crippen LogP contribution in [-0.4, -0.2) is 37.3 Å². The van der Waals surface area contributed by atoms with Crippen molar-refractivity contribution >= 4 is 38.4 Å². The number of sulfone groups is 1. The van der Waals surface area contributed by atoms with E-state index < -0.39 is 9.84 Å². The van der Waals surface area contributed by atoms with Gasteiger partial charge in [0.25, 0.3) is 0 Å². The normalized spacial score (nSPS) is 25.6. The zero-order chi connectivity index (χ0) is 16.7. The number of amides is 1. The molecule has 0 bridgehead atoms. The maximum absolute atomic E-state index is 12.9. The van der Waals surface area contributed by atoms with Crippen molar-refractivity contribution in [3.8, 4) is 0 Å². The molecule has 2 atom stereocenters. The molecule has 128 valence electrons. The molecule has 0 N–H and O–H groups in total. The van der Waals surface area contributed by atoms with E-state index in [2.05, 4.69) is 17.5 Å². The molecule has 1 fully saturated rings. The zero-order valence-corrected chi connectivity index (χ0v) is 15.6. The van der Waals surface area contributed by atoms with E-state index >= 15 is 0 Å². The lowest BCUT2D eigenvalue weighted by Crippen LogP contribution is -2.40. The molecule has 0 aromatic carbocycles. The molecule has 0 aliphatic carbocycles. The summed E-state index contributed by atoms with van der Waals surface area (Å²) in [5.41, 5.74) is 1.24. The van der Waals surface area contributed by atoms with Gasteiger partial charge < -0.3 is 4.90 Å². The third kappa shape index (κ3) is 3.05. The van der Waals surface area contributed by atoms with Gasteiger partial charge in [0.15, 0.2) is 9.84 Å². The Labute approximate surface area is 150 Å². The van der Waals surface area contributed by atoms with Crippen LogP contribution in [0.2, 0.25) is 0 Å². The van der Waals surface area contributed by atoms with Crippen LogP contribution >= 0.6 is 22.7 Å². The SMILES string of the molecule is O=C(C[C@H]1CCS(=O)(=O)C1)N1CCc2sccc2[C@@H]1c1cccs1. The van der Waals surface area contributed by atoms with Crippen LogP contribution in [0.25, 0.3) is 0 Å². The Balaban J connectivity index is 1.58. The lowest BCUT2D eigenvalue weighted by molar-refractivity contribution is -0.134. The van der Waals surface area contributed by atoms with Crippen molar-refractivity contribution in [2.24, 2.45) is 5.92 Å². The second kappa shape index (κ2) is 6.28. The van der Waals surface area contributed by atoms with Gasteiger partial charge in [0.2, 0.25) is 5.91 Å². The number of fused-ring (bicyclic) bond motifs is 1. The third-order valence-electron chi connectivity index (χ3n) is 4.89. The number of carbonyl (C=O) groups is 1. The monoisotopic (exact) mass is 381 g/mol. The molecule has 4 heterocycles. The molecule has 0 radical (unpaired) electrons. The highest BCUT2D eigenvalue weighted by Crippen LogP contribution is 2.40. The molecular weight excluding hydrogens is 362 g/mol. The van der Waals surface area contributed by atoms with Gasteiger partial charge in [0.05, 0.1) is 17.5 Å². The van der Waals surface area contributed by atoms with Crippen LogP contribution in [0.1, 0.15) is 34.2 Å². The van der Waals surface area contributed by atoms with Crippen LogP contribution in [0.4, 0.5) is 0 Å². The van der Waals surface area contributed by atoms with Crippen LogP contribution in [0.5, 0.6) is 0 Å². The number of thiophene rings is 2. The second-order valence-electron chi connectivity index (χ2n) is 6.53. The molecule has 4 rings (SSSR count). The molecule has 0 saturated carbocycles. The van der Waals surface area contributed by atoms with E-state index in [1.807, 2.05) is 16.3 Å². The zero-order valence-electron chi connectivity index (χ0n) is 13.2. The molecule has 1 amide bonds. The number of carbonyl (C=O) groups excluding carboxylic acids is 1. The highest BCUT2D eigenvalue weighted by Gasteiger charge is 2.36. The van der Waals surface area contributed by atoms with Gasteiger partial charge in [-0.15, -0.1) is 22.7 Å². The molecule has 2 aromatic rings. The first kappa shape index (κ1) is 16.3. The first-order valence-electron chi connectivity index (χ1n) is 8.13. The molecule has 2 aliphatic heterocycles. The van der Waals surface area contributed by atoms with E-state index in [0.717, 1.165) is 6.42 Å². The summed E-state index contributed by atoms with van der Waals surface area (Å²) in [5, 5.41) is 4.14. The van der Waals surface area contributed by atoms with Gasteiger partial charge in [-0.05, 0) is 47.2 Å². The molecular formula is C17H19NO3S3. The van der Waals surface area contributed by atoms with E-state index in [1.165, 1.54) is 15.3 Å². The molecule has 24 heavy (non-hydrogen) atoms. The van der Waals surface area contributed by atoms with Crippen LogP contribution < -0.4 is 0 Å². The Hall–Kier alpha value is -1.18. The van der Waals surface area contributed by atoms with Crippen molar-refractivity contribution in [3.05, 3.63) is 44.3 Å².